The lowest BCUT2D eigenvalue weighted by molar-refractivity contribution is 0.197. The molecular weight excluding hydrogens is 344 g/mol. The van der Waals surface area contributed by atoms with Crippen LogP contribution in [0.1, 0.15) is 10.4 Å². The zero-order chi connectivity index (χ0) is 17.2. The molecule has 1 aliphatic heterocycles. The van der Waals surface area contributed by atoms with E-state index in [1.165, 1.54) is 28.8 Å². The molecule has 7 heteroatoms. The number of hydrogen-bond acceptors (Lipinski definition) is 5. The van der Waals surface area contributed by atoms with Gasteiger partial charge in [-0.15, -0.1) is 11.3 Å². The molecule has 0 saturated heterocycles. The molecule has 0 saturated carbocycles. The van der Waals surface area contributed by atoms with Gasteiger partial charge in [0, 0.05) is 38.6 Å². The van der Waals surface area contributed by atoms with Crippen molar-refractivity contribution in [1.29, 1.82) is 0 Å². The highest BCUT2D eigenvalue weighted by Gasteiger charge is 2.18. The van der Waals surface area contributed by atoms with Crippen molar-refractivity contribution in [2.75, 3.05) is 33.8 Å². The molecule has 130 valence electrons. The number of hydrogen-bond donors (Lipinski definition) is 0. The van der Waals surface area contributed by atoms with Crippen LogP contribution in [0.15, 0.2) is 40.6 Å². The third kappa shape index (κ3) is 3.80. The van der Waals surface area contributed by atoms with Gasteiger partial charge in [0.25, 0.3) is 0 Å². The molecule has 0 radical (unpaired) electrons. The molecule has 24 heavy (non-hydrogen) atoms. The molecule has 5 nitrogen and oxygen atoms in total. The highest BCUT2D eigenvalue weighted by Crippen LogP contribution is 2.24. The van der Waals surface area contributed by atoms with Gasteiger partial charge in [-0.2, -0.15) is 0 Å². The van der Waals surface area contributed by atoms with E-state index in [4.69, 9.17) is 4.74 Å². The number of benzene rings is 1. The van der Waals surface area contributed by atoms with Crippen molar-refractivity contribution >= 4 is 21.4 Å². The van der Waals surface area contributed by atoms with Gasteiger partial charge in [-0.25, -0.2) is 12.7 Å². The molecule has 0 unspecified atom stereocenters. The van der Waals surface area contributed by atoms with E-state index in [9.17, 15) is 8.42 Å². The number of sulfonamides is 1. The molecule has 0 spiro atoms. The van der Waals surface area contributed by atoms with Crippen LogP contribution in [0.4, 0.5) is 0 Å². The smallest absolute Gasteiger partial charge is 0.242 e. The van der Waals surface area contributed by atoms with Crippen molar-refractivity contribution in [3.63, 3.8) is 0 Å². The van der Waals surface area contributed by atoms with Gasteiger partial charge >= 0.3 is 0 Å². The van der Waals surface area contributed by atoms with E-state index in [0.717, 1.165) is 26.1 Å². The third-order valence-electron chi connectivity index (χ3n) is 4.17. The molecule has 3 rings (SSSR count). The highest BCUT2D eigenvalue weighted by molar-refractivity contribution is 7.89. The van der Waals surface area contributed by atoms with Crippen molar-refractivity contribution < 1.29 is 13.2 Å². The van der Waals surface area contributed by atoms with E-state index in [0.29, 0.717) is 12.4 Å². The number of rotatable bonds is 6. The predicted molar refractivity (Wildman–Crippen MR) is 96.1 cm³/mol. The lowest BCUT2D eigenvalue weighted by atomic mass is 10.1. The lowest BCUT2D eigenvalue weighted by Crippen LogP contribution is -2.33. The fourth-order valence-electron chi connectivity index (χ4n) is 2.71. The van der Waals surface area contributed by atoms with E-state index >= 15 is 0 Å². The third-order valence-corrected chi connectivity index (χ3v) is 7.02. The van der Waals surface area contributed by atoms with Crippen molar-refractivity contribution in [2.45, 2.75) is 17.9 Å². The van der Waals surface area contributed by atoms with E-state index in [1.54, 1.807) is 24.3 Å². The minimum Gasteiger partial charge on any atom is -0.492 e. The zero-order valence-corrected chi connectivity index (χ0v) is 15.6. The summed E-state index contributed by atoms with van der Waals surface area (Å²) in [6, 6.07) is 8.80. The van der Waals surface area contributed by atoms with Crippen LogP contribution in [0.25, 0.3) is 0 Å². The van der Waals surface area contributed by atoms with Crippen LogP contribution in [-0.2, 0) is 23.0 Å². The van der Waals surface area contributed by atoms with Crippen LogP contribution in [-0.4, -0.2) is 51.4 Å². The largest absolute Gasteiger partial charge is 0.492 e. The highest BCUT2D eigenvalue weighted by atomic mass is 32.2. The molecule has 1 aromatic heterocycles. The summed E-state index contributed by atoms with van der Waals surface area (Å²) in [5.41, 5.74) is 1.43. The van der Waals surface area contributed by atoms with Crippen molar-refractivity contribution in [1.82, 2.24) is 9.21 Å². The molecule has 2 aromatic rings. The minimum atomic E-state index is -3.38. The maximum absolute atomic E-state index is 12.0. The predicted octanol–water partition coefficient (Wildman–Crippen LogP) is 2.44. The van der Waals surface area contributed by atoms with E-state index < -0.39 is 10.0 Å². The maximum Gasteiger partial charge on any atom is 0.242 e. The van der Waals surface area contributed by atoms with Gasteiger partial charge in [0.05, 0.1) is 4.90 Å². The SMILES string of the molecule is CN(C)S(=O)(=O)c1ccc(OCCN2CCc3sccc3C2)cc1. The summed E-state index contributed by atoms with van der Waals surface area (Å²) in [6.07, 6.45) is 1.12. The average molecular weight is 367 g/mol. The van der Waals surface area contributed by atoms with Gasteiger partial charge in [0.1, 0.15) is 12.4 Å². The normalized spacial score (nSPS) is 15.5. The van der Waals surface area contributed by atoms with E-state index in [-0.39, 0.29) is 4.90 Å². The maximum atomic E-state index is 12.0. The second kappa shape index (κ2) is 7.23. The fourth-order valence-corrected chi connectivity index (χ4v) is 4.50. The first kappa shape index (κ1) is 17.4. The summed E-state index contributed by atoms with van der Waals surface area (Å²) in [5.74, 6) is 0.695. The molecular formula is C17H22N2O3S2. The second-order valence-electron chi connectivity index (χ2n) is 6.00. The summed E-state index contributed by atoms with van der Waals surface area (Å²) < 4.78 is 31.0. The fraction of sp³-hybridized carbons (Fsp3) is 0.412. The van der Waals surface area contributed by atoms with Crippen molar-refractivity contribution in [3.05, 3.63) is 46.2 Å². The Kier molecular flexibility index (Phi) is 5.24. The summed E-state index contributed by atoms with van der Waals surface area (Å²) in [4.78, 5) is 4.17. The first-order valence-corrected chi connectivity index (χ1v) is 10.2. The van der Waals surface area contributed by atoms with Crippen molar-refractivity contribution in [2.24, 2.45) is 0 Å². The van der Waals surface area contributed by atoms with Crippen LogP contribution < -0.4 is 4.74 Å². The summed E-state index contributed by atoms with van der Waals surface area (Å²) >= 11 is 1.84. The molecule has 1 aromatic carbocycles. The second-order valence-corrected chi connectivity index (χ2v) is 9.15. The molecule has 1 aliphatic rings. The quantitative estimate of drug-likeness (QED) is 0.788. The summed E-state index contributed by atoms with van der Waals surface area (Å²) in [5, 5.41) is 2.16. The molecule has 0 N–H and O–H groups in total. The molecule has 0 aliphatic carbocycles. The van der Waals surface area contributed by atoms with Gasteiger partial charge in [0.15, 0.2) is 0 Å². The molecule has 0 bridgehead atoms. The summed E-state index contributed by atoms with van der Waals surface area (Å²) in [6.45, 7) is 3.52. The van der Waals surface area contributed by atoms with Crippen LogP contribution >= 0.6 is 11.3 Å². The van der Waals surface area contributed by atoms with E-state index in [2.05, 4.69) is 16.3 Å². The number of thiophene rings is 1. The standard InChI is InChI=1S/C17H22N2O3S2/c1-18(2)24(20,21)16-5-3-15(4-6-16)22-11-10-19-9-7-17-14(13-19)8-12-23-17/h3-6,8,12H,7,9-11,13H2,1-2H3. The van der Waals surface area contributed by atoms with Crippen LogP contribution in [0, 0.1) is 0 Å². The van der Waals surface area contributed by atoms with Crippen LogP contribution in [0.2, 0.25) is 0 Å². The zero-order valence-electron chi connectivity index (χ0n) is 13.9. The van der Waals surface area contributed by atoms with Crippen LogP contribution in [0.5, 0.6) is 5.75 Å². The van der Waals surface area contributed by atoms with E-state index in [1.807, 2.05) is 11.3 Å². The Balaban J connectivity index is 1.51. The Bertz CT molecular complexity index is 782. The number of ether oxygens (including phenoxy) is 1. The van der Waals surface area contributed by atoms with Gasteiger partial charge in [-0.1, -0.05) is 0 Å². The summed E-state index contributed by atoms with van der Waals surface area (Å²) in [7, 11) is -0.334. The Hall–Kier alpha value is -1.41. The minimum absolute atomic E-state index is 0.279. The molecule has 0 atom stereocenters. The van der Waals surface area contributed by atoms with Gasteiger partial charge < -0.3 is 4.74 Å². The first-order chi connectivity index (χ1) is 11.5. The van der Waals surface area contributed by atoms with Gasteiger partial charge in [-0.3, -0.25) is 4.90 Å². The Morgan fingerprint density at radius 1 is 1.21 bits per heavy atom. The Labute approximate surface area is 147 Å². The van der Waals surface area contributed by atoms with Crippen LogP contribution in [0.3, 0.4) is 0 Å². The topological polar surface area (TPSA) is 49.9 Å². The van der Waals surface area contributed by atoms with Gasteiger partial charge in [-0.05, 0) is 47.7 Å². The lowest BCUT2D eigenvalue weighted by Gasteiger charge is -2.26. The number of fused-ring (bicyclic) bond motifs is 1. The first-order valence-electron chi connectivity index (χ1n) is 7.90. The van der Waals surface area contributed by atoms with Gasteiger partial charge in [0.2, 0.25) is 10.0 Å². The molecule has 0 fully saturated rings. The Morgan fingerprint density at radius 2 is 1.96 bits per heavy atom. The molecule has 2 heterocycles. The Morgan fingerprint density at radius 3 is 2.67 bits per heavy atom. The average Bonchev–Trinajstić information content (AvgIpc) is 3.03. The molecule has 0 amide bonds. The number of nitrogens with zero attached hydrogens (tertiary/aromatic N) is 2. The van der Waals surface area contributed by atoms with Crippen molar-refractivity contribution in [3.8, 4) is 5.75 Å². The monoisotopic (exact) mass is 366 g/mol.